The fraction of sp³-hybridized carbons (Fsp3) is 0.333. The molecule has 2 aromatic heterocycles. The van der Waals surface area contributed by atoms with Gasteiger partial charge in [0.05, 0.1) is 11.9 Å². The Bertz CT molecular complexity index is 1140. The zero-order valence-corrected chi connectivity index (χ0v) is 18.1. The molecule has 0 saturated carbocycles. The van der Waals surface area contributed by atoms with Gasteiger partial charge in [-0.1, -0.05) is 31.5 Å². The third-order valence-electron chi connectivity index (χ3n) is 5.05. The highest BCUT2D eigenvalue weighted by atomic mass is 32.1. The average Bonchev–Trinajstić information content (AvgIpc) is 3.15. The molecule has 0 amide bonds. The Labute approximate surface area is 186 Å². The van der Waals surface area contributed by atoms with Crippen LogP contribution in [0, 0.1) is 10.8 Å². The van der Waals surface area contributed by atoms with Gasteiger partial charge in [-0.3, -0.25) is 10.8 Å². The van der Waals surface area contributed by atoms with Gasteiger partial charge in [0.2, 0.25) is 11.8 Å². The molecule has 7 nitrogen and oxygen atoms in total. The number of rotatable bonds is 5. The Morgan fingerprint density at radius 3 is 2.59 bits per heavy atom. The van der Waals surface area contributed by atoms with E-state index in [2.05, 4.69) is 22.2 Å². The van der Waals surface area contributed by atoms with Gasteiger partial charge >= 0.3 is 6.18 Å². The van der Waals surface area contributed by atoms with E-state index in [-0.39, 0.29) is 25.5 Å². The summed E-state index contributed by atoms with van der Waals surface area (Å²) in [5, 5.41) is 19.5. The largest absolute Gasteiger partial charge is 0.449 e. The summed E-state index contributed by atoms with van der Waals surface area (Å²) in [7, 11) is 0. The number of hydrogen-bond donors (Lipinski definition) is 3. The minimum absolute atomic E-state index is 0.0751. The lowest BCUT2D eigenvalue weighted by molar-refractivity contribution is -0.0671. The van der Waals surface area contributed by atoms with Crippen LogP contribution in [0.4, 0.5) is 30.6 Å². The first kappa shape index (κ1) is 22.0. The smallest absolute Gasteiger partial charge is 0.347 e. The normalized spacial score (nSPS) is 14.8. The zero-order valence-electron chi connectivity index (χ0n) is 17.3. The van der Waals surface area contributed by atoms with Crippen molar-refractivity contribution in [1.82, 2.24) is 14.9 Å². The second kappa shape index (κ2) is 8.73. The van der Waals surface area contributed by atoms with Gasteiger partial charge in [-0.2, -0.15) is 18.2 Å². The van der Waals surface area contributed by atoms with Crippen LogP contribution >= 0.6 is 11.3 Å². The van der Waals surface area contributed by atoms with Crippen LogP contribution < -0.4 is 10.2 Å². The number of aryl methyl sites for hydroxylation is 1. The quantitative estimate of drug-likeness (QED) is 0.366. The number of piperazine rings is 1. The summed E-state index contributed by atoms with van der Waals surface area (Å²) in [4.78, 5) is 13.7. The first-order valence-electron chi connectivity index (χ1n) is 10.1. The van der Waals surface area contributed by atoms with Crippen LogP contribution in [0.1, 0.15) is 18.2 Å². The summed E-state index contributed by atoms with van der Waals surface area (Å²) in [6, 6.07) is 11.5. The van der Waals surface area contributed by atoms with Crippen LogP contribution in [-0.2, 0) is 6.42 Å². The van der Waals surface area contributed by atoms with Gasteiger partial charge < -0.3 is 15.1 Å². The fourth-order valence-electron chi connectivity index (χ4n) is 3.55. The molecule has 3 aromatic rings. The Morgan fingerprint density at radius 1 is 1.19 bits per heavy atom. The predicted molar refractivity (Wildman–Crippen MR) is 122 cm³/mol. The molecule has 11 heteroatoms. The third kappa shape index (κ3) is 4.52. The van der Waals surface area contributed by atoms with Crippen molar-refractivity contribution in [2.75, 3.05) is 29.9 Å². The lowest BCUT2D eigenvalue weighted by atomic mass is 10.2. The van der Waals surface area contributed by atoms with Gasteiger partial charge in [0.15, 0.2) is 0 Å². The molecule has 0 unspecified atom stereocenters. The number of aromatic nitrogens is 2. The second-order valence-electron chi connectivity index (χ2n) is 7.41. The monoisotopic (exact) mass is 461 g/mol. The van der Waals surface area contributed by atoms with Crippen LogP contribution in [0.5, 0.6) is 0 Å². The molecule has 32 heavy (non-hydrogen) atoms. The van der Waals surface area contributed by atoms with Gasteiger partial charge in [-0.15, -0.1) is 11.3 Å². The zero-order chi connectivity index (χ0) is 22.9. The molecule has 0 aliphatic carbocycles. The number of anilines is 3. The van der Waals surface area contributed by atoms with Crippen LogP contribution in [0.2, 0.25) is 0 Å². The minimum Gasteiger partial charge on any atom is -0.347 e. The van der Waals surface area contributed by atoms with E-state index in [1.807, 2.05) is 36.4 Å². The average molecular weight is 462 g/mol. The van der Waals surface area contributed by atoms with Crippen molar-refractivity contribution >= 4 is 50.7 Å². The number of alkyl halides is 3. The van der Waals surface area contributed by atoms with Crippen molar-refractivity contribution in [2.24, 2.45) is 0 Å². The lowest BCUT2D eigenvalue weighted by Gasteiger charge is -2.37. The van der Waals surface area contributed by atoms with E-state index >= 15 is 0 Å². The van der Waals surface area contributed by atoms with Crippen molar-refractivity contribution < 1.29 is 13.2 Å². The molecule has 168 valence electrons. The van der Waals surface area contributed by atoms with Gasteiger partial charge in [0.25, 0.3) is 0 Å². The number of fused-ring (bicyclic) bond motifs is 1. The molecule has 3 N–H and O–H groups in total. The summed E-state index contributed by atoms with van der Waals surface area (Å²) in [5.74, 6) is -0.829. The van der Waals surface area contributed by atoms with Crippen molar-refractivity contribution in [2.45, 2.75) is 25.9 Å². The van der Waals surface area contributed by atoms with E-state index in [1.165, 1.54) is 0 Å². The van der Waals surface area contributed by atoms with Crippen molar-refractivity contribution in [1.29, 1.82) is 10.8 Å². The molecule has 1 aliphatic rings. The lowest BCUT2D eigenvalue weighted by Crippen LogP contribution is -2.55. The number of amidine groups is 2. The van der Waals surface area contributed by atoms with Crippen molar-refractivity contribution in [3.63, 3.8) is 0 Å². The summed E-state index contributed by atoms with van der Waals surface area (Å²) in [5.41, 5.74) is 0.819. The molecule has 1 aromatic carbocycles. The maximum absolute atomic E-state index is 13.0. The molecule has 0 spiro atoms. The Kier molecular flexibility index (Phi) is 6.00. The van der Waals surface area contributed by atoms with Gasteiger partial charge in [0.1, 0.15) is 16.5 Å². The Morgan fingerprint density at radius 2 is 1.94 bits per heavy atom. The van der Waals surface area contributed by atoms with E-state index in [4.69, 9.17) is 10.8 Å². The molecular formula is C21H22F3N7S. The molecule has 1 aliphatic heterocycles. The minimum atomic E-state index is -4.79. The van der Waals surface area contributed by atoms with Gasteiger partial charge in [0, 0.05) is 23.7 Å². The maximum Gasteiger partial charge on any atom is 0.449 e. The van der Waals surface area contributed by atoms with Crippen molar-refractivity contribution in [3.8, 4) is 0 Å². The maximum atomic E-state index is 13.0. The van der Waals surface area contributed by atoms with E-state index in [0.29, 0.717) is 16.7 Å². The van der Waals surface area contributed by atoms with Crippen LogP contribution in [0.15, 0.2) is 36.4 Å². The number of para-hydroxylation sites is 1. The van der Waals surface area contributed by atoms with E-state index < -0.39 is 12.0 Å². The highest BCUT2D eigenvalue weighted by Crippen LogP contribution is 2.34. The van der Waals surface area contributed by atoms with Crippen LogP contribution in [0.3, 0.4) is 0 Å². The van der Waals surface area contributed by atoms with E-state index in [9.17, 15) is 13.2 Å². The molecule has 4 rings (SSSR count). The number of benzene rings is 1. The fourth-order valence-corrected chi connectivity index (χ4v) is 4.68. The Hall–Kier alpha value is -3.21. The van der Waals surface area contributed by atoms with Crippen molar-refractivity contribution in [3.05, 3.63) is 41.3 Å². The predicted octanol–water partition coefficient (Wildman–Crippen LogP) is 5.03. The molecular weight excluding hydrogens is 439 g/mol. The van der Waals surface area contributed by atoms with Gasteiger partial charge in [-0.25, -0.2) is 4.98 Å². The second-order valence-corrected chi connectivity index (χ2v) is 8.52. The number of hydrogen-bond acceptors (Lipinski definition) is 7. The number of nitrogens with zero attached hydrogens (tertiary/aromatic N) is 4. The first-order chi connectivity index (χ1) is 15.3. The van der Waals surface area contributed by atoms with Crippen LogP contribution in [0.25, 0.3) is 10.2 Å². The first-order valence-corrected chi connectivity index (χ1v) is 11.0. The topological polar surface area (TPSA) is 92.0 Å². The molecule has 0 bridgehead atoms. The summed E-state index contributed by atoms with van der Waals surface area (Å²) < 4.78 is 38.9. The molecule has 3 heterocycles. The highest BCUT2D eigenvalue weighted by Gasteiger charge is 2.41. The molecule has 0 atom stereocenters. The highest BCUT2D eigenvalue weighted by molar-refractivity contribution is 7.18. The Balaban J connectivity index is 1.67. The summed E-state index contributed by atoms with van der Waals surface area (Å²) >= 11 is 1.57. The molecule has 0 radical (unpaired) electrons. The van der Waals surface area contributed by atoms with E-state index in [1.54, 1.807) is 16.2 Å². The van der Waals surface area contributed by atoms with Gasteiger partial charge in [-0.05, 0) is 24.6 Å². The SMILES string of the molecule is CCCc1cc2c(N3CCN(C(=N)C(F)(F)F)C(=N)C3)nc(Nc3ccccc3)nc2s1. The summed E-state index contributed by atoms with van der Waals surface area (Å²) in [6.45, 7) is 2.11. The van der Waals surface area contributed by atoms with Crippen LogP contribution in [-0.4, -0.2) is 52.3 Å². The number of nitrogens with one attached hydrogen (secondary N) is 3. The standard InChI is InChI=1S/C21H22F3N7S/c1-2-6-14-11-15-17(30-9-10-31(16(25)12-30)19(26)21(22,23)24)28-20(29-18(15)32-14)27-13-7-4-3-5-8-13/h3-5,7-8,11,25-26H,2,6,9-10,12H2,1H3,(H,27,28,29). The van der Waals surface area contributed by atoms with E-state index in [0.717, 1.165) is 33.6 Å². The number of halogens is 3. The summed E-state index contributed by atoms with van der Waals surface area (Å²) in [6.07, 6.45) is -2.91. The molecule has 1 saturated heterocycles. The number of thiophene rings is 1. The molecule has 1 fully saturated rings. The third-order valence-corrected chi connectivity index (χ3v) is 6.14.